The first kappa shape index (κ1) is 20.6. The number of aromatic nitrogens is 4. The maximum absolute atomic E-state index is 6.54. The Morgan fingerprint density at radius 3 is 2.69 bits per heavy atom. The van der Waals surface area contributed by atoms with Crippen LogP contribution in [0.15, 0.2) is 12.4 Å². The first-order valence-corrected chi connectivity index (χ1v) is 11.1. The van der Waals surface area contributed by atoms with Gasteiger partial charge in [-0.05, 0) is 70.3 Å². The molecule has 8 heteroatoms. The molecule has 0 unspecified atom stereocenters. The first-order chi connectivity index (χ1) is 14.0. The number of hydrogen-bond acceptors (Lipinski definition) is 6. The molecule has 7 nitrogen and oxygen atoms in total. The second-order valence-corrected chi connectivity index (χ2v) is 9.25. The smallest absolute Gasteiger partial charge is 0.223 e. The van der Waals surface area contributed by atoms with Crippen LogP contribution < -0.4 is 16.8 Å². The van der Waals surface area contributed by atoms with Crippen LogP contribution in [-0.4, -0.2) is 37.9 Å². The Labute approximate surface area is 177 Å². The molecule has 2 saturated carbocycles. The van der Waals surface area contributed by atoms with Gasteiger partial charge in [0.15, 0.2) is 0 Å². The van der Waals surface area contributed by atoms with Gasteiger partial charge in [0.25, 0.3) is 0 Å². The summed E-state index contributed by atoms with van der Waals surface area (Å²) in [4.78, 5) is 9.19. The molecule has 0 radical (unpaired) electrons. The van der Waals surface area contributed by atoms with Gasteiger partial charge < -0.3 is 16.8 Å². The van der Waals surface area contributed by atoms with Gasteiger partial charge in [-0.1, -0.05) is 11.6 Å². The number of anilines is 1. The average molecular weight is 418 g/mol. The first-order valence-electron chi connectivity index (χ1n) is 10.8. The minimum absolute atomic E-state index is 0.0724. The van der Waals surface area contributed by atoms with E-state index in [2.05, 4.69) is 15.4 Å². The van der Waals surface area contributed by atoms with Gasteiger partial charge in [-0.15, -0.1) is 0 Å². The van der Waals surface area contributed by atoms with Crippen LogP contribution in [0.5, 0.6) is 0 Å². The lowest BCUT2D eigenvalue weighted by Crippen LogP contribution is -2.46. The zero-order valence-corrected chi connectivity index (χ0v) is 18.0. The molecule has 29 heavy (non-hydrogen) atoms. The molecule has 2 aromatic rings. The van der Waals surface area contributed by atoms with Gasteiger partial charge in [-0.3, -0.25) is 4.68 Å². The van der Waals surface area contributed by atoms with Gasteiger partial charge in [0.05, 0.1) is 23.1 Å². The normalized spacial score (nSPS) is 24.6. The van der Waals surface area contributed by atoms with E-state index in [4.69, 9.17) is 28.1 Å². The quantitative estimate of drug-likeness (QED) is 0.608. The number of nitrogens with two attached hydrogens (primary N) is 2. The summed E-state index contributed by atoms with van der Waals surface area (Å²) >= 11 is 6.48. The third kappa shape index (κ3) is 4.90. The molecule has 0 atom stereocenters. The zero-order chi connectivity index (χ0) is 20.4. The molecule has 158 valence electrons. The summed E-state index contributed by atoms with van der Waals surface area (Å²) in [6.07, 6.45) is 13.2. The van der Waals surface area contributed by atoms with Crippen LogP contribution in [-0.2, 0) is 13.5 Å². The van der Waals surface area contributed by atoms with E-state index in [0.29, 0.717) is 23.6 Å². The van der Waals surface area contributed by atoms with E-state index in [9.17, 15) is 0 Å². The fourth-order valence-electron chi connectivity index (χ4n) is 4.35. The Hall–Kier alpha value is -1.70. The predicted molar refractivity (Wildman–Crippen MR) is 117 cm³/mol. The third-order valence-corrected chi connectivity index (χ3v) is 6.71. The second-order valence-electron chi connectivity index (χ2n) is 8.84. The van der Waals surface area contributed by atoms with Crippen molar-refractivity contribution in [2.24, 2.45) is 24.4 Å². The number of hydrogen-bond donors (Lipinski definition) is 3. The third-order valence-electron chi connectivity index (χ3n) is 6.43. The van der Waals surface area contributed by atoms with E-state index in [1.807, 2.05) is 17.9 Å². The van der Waals surface area contributed by atoms with Gasteiger partial charge in [0.1, 0.15) is 0 Å². The van der Waals surface area contributed by atoms with Crippen LogP contribution in [0.1, 0.15) is 57.1 Å². The van der Waals surface area contributed by atoms with Crippen LogP contribution in [0.4, 0.5) is 5.95 Å². The Balaban J connectivity index is 1.46. The average Bonchev–Trinajstić information content (AvgIpc) is 3.47. The highest BCUT2D eigenvalue weighted by atomic mass is 35.5. The molecule has 0 bridgehead atoms. The van der Waals surface area contributed by atoms with Gasteiger partial charge in [-0.25, -0.2) is 9.97 Å². The Kier molecular flexibility index (Phi) is 6.08. The monoisotopic (exact) mass is 417 g/mol. The van der Waals surface area contributed by atoms with Gasteiger partial charge in [0, 0.05) is 29.9 Å². The van der Waals surface area contributed by atoms with Crippen molar-refractivity contribution in [2.45, 2.75) is 69.4 Å². The van der Waals surface area contributed by atoms with Crippen molar-refractivity contribution < 1.29 is 0 Å². The molecular formula is C21H32ClN7. The van der Waals surface area contributed by atoms with Crippen molar-refractivity contribution in [3.8, 4) is 11.3 Å². The van der Waals surface area contributed by atoms with E-state index in [-0.39, 0.29) is 5.54 Å². The minimum Gasteiger partial charge on any atom is -0.351 e. The molecule has 0 aliphatic heterocycles. The Morgan fingerprint density at radius 1 is 1.24 bits per heavy atom. The van der Waals surface area contributed by atoms with Crippen molar-refractivity contribution in [3.63, 3.8) is 0 Å². The highest BCUT2D eigenvalue weighted by Gasteiger charge is 2.31. The van der Waals surface area contributed by atoms with Gasteiger partial charge in [-0.2, -0.15) is 5.10 Å². The molecule has 0 amide bonds. The summed E-state index contributed by atoms with van der Waals surface area (Å²) in [6.45, 7) is 0.707. The molecule has 5 N–H and O–H groups in total. The maximum Gasteiger partial charge on any atom is 0.223 e. The molecule has 0 spiro atoms. The highest BCUT2D eigenvalue weighted by Crippen LogP contribution is 2.37. The summed E-state index contributed by atoms with van der Waals surface area (Å²) in [6, 6.07) is 0.332. The highest BCUT2D eigenvalue weighted by molar-refractivity contribution is 6.32. The van der Waals surface area contributed by atoms with E-state index in [1.54, 1.807) is 6.20 Å². The number of halogens is 1. The summed E-state index contributed by atoms with van der Waals surface area (Å²) in [5.41, 5.74) is 15.1. The molecular weight excluding hydrogens is 386 g/mol. The summed E-state index contributed by atoms with van der Waals surface area (Å²) < 4.78 is 1.95. The molecule has 2 aliphatic rings. The lowest BCUT2D eigenvalue weighted by Gasteiger charge is -2.37. The summed E-state index contributed by atoms with van der Waals surface area (Å²) in [7, 11) is 1.99. The maximum atomic E-state index is 6.54. The van der Waals surface area contributed by atoms with Crippen LogP contribution in [0.2, 0.25) is 5.02 Å². The fraction of sp³-hybridized carbons (Fsp3) is 0.667. The van der Waals surface area contributed by atoms with E-state index < -0.39 is 0 Å². The molecule has 0 aromatic carbocycles. The van der Waals surface area contributed by atoms with Gasteiger partial charge in [0.2, 0.25) is 5.95 Å². The van der Waals surface area contributed by atoms with Crippen LogP contribution >= 0.6 is 11.6 Å². The summed E-state index contributed by atoms with van der Waals surface area (Å²) in [5, 5.41) is 8.52. The molecule has 2 heterocycles. The number of aryl methyl sites for hydroxylation is 1. The van der Waals surface area contributed by atoms with Crippen molar-refractivity contribution in [1.82, 2.24) is 19.7 Å². The predicted octanol–water partition coefficient (Wildman–Crippen LogP) is 3.27. The van der Waals surface area contributed by atoms with E-state index in [1.165, 1.54) is 18.5 Å². The molecule has 2 fully saturated rings. The van der Waals surface area contributed by atoms with Crippen LogP contribution in [0.25, 0.3) is 11.3 Å². The Morgan fingerprint density at radius 2 is 2.00 bits per heavy atom. The lowest BCUT2D eigenvalue weighted by molar-refractivity contribution is 0.261. The van der Waals surface area contributed by atoms with Gasteiger partial charge >= 0.3 is 0 Å². The van der Waals surface area contributed by atoms with Crippen molar-refractivity contribution in [3.05, 3.63) is 23.1 Å². The second kappa shape index (κ2) is 8.58. The zero-order valence-electron chi connectivity index (χ0n) is 17.2. The lowest BCUT2D eigenvalue weighted by atomic mass is 9.77. The van der Waals surface area contributed by atoms with E-state index in [0.717, 1.165) is 62.1 Å². The number of nitrogens with one attached hydrogen (secondary N) is 1. The number of nitrogens with zero attached hydrogens (tertiary/aromatic N) is 4. The Bertz CT molecular complexity index is 838. The molecule has 2 aromatic heterocycles. The minimum atomic E-state index is -0.0724. The SMILES string of the molecule is Cn1ncc(-c2nc(NC3CCC(N)(CCCN)CC3)ncc2Cl)c1CC1CC1. The standard InChI is InChI=1S/C21H32ClN7/c1-29-18(11-14-3-4-14)16(12-26-29)19-17(22)13-25-20(28-19)27-15-5-8-21(24,9-6-15)7-2-10-23/h12-15H,2-11,23-24H2,1H3,(H,25,27,28). The van der Waals surface area contributed by atoms with Crippen molar-refractivity contribution in [2.75, 3.05) is 11.9 Å². The molecule has 4 rings (SSSR count). The number of rotatable bonds is 8. The topological polar surface area (TPSA) is 108 Å². The molecule has 0 saturated heterocycles. The van der Waals surface area contributed by atoms with Crippen LogP contribution in [0.3, 0.4) is 0 Å². The largest absolute Gasteiger partial charge is 0.351 e. The van der Waals surface area contributed by atoms with E-state index >= 15 is 0 Å². The molecule has 2 aliphatic carbocycles. The van der Waals surface area contributed by atoms with Crippen molar-refractivity contribution in [1.29, 1.82) is 0 Å². The van der Waals surface area contributed by atoms with Crippen LogP contribution in [0, 0.1) is 5.92 Å². The van der Waals surface area contributed by atoms with Crippen molar-refractivity contribution >= 4 is 17.5 Å². The summed E-state index contributed by atoms with van der Waals surface area (Å²) in [5.74, 6) is 1.39. The fourth-order valence-corrected chi connectivity index (χ4v) is 4.54.